The summed E-state index contributed by atoms with van der Waals surface area (Å²) in [6.07, 6.45) is 5.73. The molecule has 114 valence electrons. The maximum atomic E-state index is 5.34. The minimum absolute atomic E-state index is 0.760. The first-order valence-electron chi connectivity index (χ1n) is 7.90. The van der Waals surface area contributed by atoms with E-state index in [4.69, 9.17) is 4.74 Å². The first-order chi connectivity index (χ1) is 9.69. The Bertz CT molecular complexity index is 355. The van der Waals surface area contributed by atoms with Crippen molar-refractivity contribution in [3.63, 3.8) is 0 Å². The van der Waals surface area contributed by atoms with E-state index in [1.54, 1.807) is 0 Å². The zero-order chi connectivity index (χ0) is 14.4. The first-order valence-corrected chi connectivity index (χ1v) is 7.90. The summed E-state index contributed by atoms with van der Waals surface area (Å²) in [5.74, 6) is 2.59. The van der Waals surface area contributed by atoms with E-state index in [1.165, 1.54) is 12.0 Å². The number of likely N-dealkylation sites (tertiary alicyclic amines) is 1. The van der Waals surface area contributed by atoms with Crippen LogP contribution in [0.5, 0.6) is 0 Å². The summed E-state index contributed by atoms with van der Waals surface area (Å²) >= 11 is 0. The average Bonchev–Trinajstić information content (AvgIpc) is 2.43. The molecule has 2 unspecified atom stereocenters. The molecule has 0 spiro atoms. The van der Waals surface area contributed by atoms with Gasteiger partial charge >= 0.3 is 0 Å². The van der Waals surface area contributed by atoms with Crippen molar-refractivity contribution in [2.75, 3.05) is 39.9 Å². The molecule has 2 aliphatic heterocycles. The molecule has 1 saturated heterocycles. The zero-order valence-electron chi connectivity index (χ0n) is 13.2. The summed E-state index contributed by atoms with van der Waals surface area (Å²) in [6, 6.07) is 0. The summed E-state index contributed by atoms with van der Waals surface area (Å²) in [4.78, 5) is 6.86. The number of piperidine rings is 1. The molecule has 0 aromatic heterocycles. The highest BCUT2D eigenvalue weighted by Crippen LogP contribution is 2.20. The van der Waals surface area contributed by atoms with Gasteiger partial charge in [-0.15, -0.1) is 0 Å². The van der Waals surface area contributed by atoms with Crippen LogP contribution in [-0.2, 0) is 4.74 Å². The molecule has 20 heavy (non-hydrogen) atoms. The van der Waals surface area contributed by atoms with E-state index in [0.29, 0.717) is 0 Å². The Kier molecular flexibility index (Phi) is 5.89. The van der Waals surface area contributed by atoms with Gasteiger partial charge < -0.3 is 15.0 Å². The van der Waals surface area contributed by atoms with Gasteiger partial charge in [0, 0.05) is 26.7 Å². The topological polar surface area (TPSA) is 36.9 Å². The fourth-order valence-corrected chi connectivity index (χ4v) is 3.30. The maximum Gasteiger partial charge on any atom is 0.193 e. The largest absolute Gasteiger partial charge is 0.377 e. The Morgan fingerprint density at radius 2 is 2.15 bits per heavy atom. The second-order valence-electron chi connectivity index (χ2n) is 6.26. The van der Waals surface area contributed by atoms with Gasteiger partial charge in [0.2, 0.25) is 0 Å². The summed E-state index contributed by atoms with van der Waals surface area (Å²) in [5.41, 5.74) is 1.51. The number of nitrogens with one attached hydrogen (secondary N) is 1. The van der Waals surface area contributed by atoms with Crippen molar-refractivity contribution >= 4 is 5.96 Å². The Morgan fingerprint density at radius 3 is 2.75 bits per heavy atom. The summed E-state index contributed by atoms with van der Waals surface area (Å²) in [7, 11) is 1.89. The van der Waals surface area contributed by atoms with Crippen LogP contribution < -0.4 is 5.32 Å². The predicted octanol–water partition coefficient (Wildman–Crippen LogP) is 2.28. The number of rotatable bonds is 3. The van der Waals surface area contributed by atoms with Gasteiger partial charge in [0.25, 0.3) is 0 Å². The van der Waals surface area contributed by atoms with Crippen molar-refractivity contribution in [3.05, 3.63) is 11.6 Å². The lowest BCUT2D eigenvalue weighted by Gasteiger charge is -2.37. The van der Waals surface area contributed by atoms with Crippen LogP contribution >= 0.6 is 0 Å². The Morgan fingerprint density at radius 1 is 1.40 bits per heavy atom. The van der Waals surface area contributed by atoms with Gasteiger partial charge in [-0.3, -0.25) is 4.99 Å². The molecule has 0 amide bonds. The fourth-order valence-electron chi connectivity index (χ4n) is 3.30. The highest BCUT2D eigenvalue weighted by Gasteiger charge is 2.23. The molecule has 1 fully saturated rings. The zero-order valence-corrected chi connectivity index (χ0v) is 13.2. The molecule has 0 aromatic carbocycles. The molecule has 2 rings (SSSR count). The summed E-state index contributed by atoms with van der Waals surface area (Å²) in [5, 5.41) is 3.52. The van der Waals surface area contributed by atoms with Crippen molar-refractivity contribution in [2.45, 2.75) is 33.1 Å². The van der Waals surface area contributed by atoms with Gasteiger partial charge in [0.15, 0.2) is 5.96 Å². The molecular formula is C16H29N3O. The van der Waals surface area contributed by atoms with Crippen molar-refractivity contribution in [2.24, 2.45) is 16.8 Å². The van der Waals surface area contributed by atoms with E-state index in [9.17, 15) is 0 Å². The van der Waals surface area contributed by atoms with Crippen LogP contribution in [0.2, 0.25) is 0 Å². The lowest BCUT2D eigenvalue weighted by Crippen LogP contribution is -2.48. The molecule has 2 heterocycles. The highest BCUT2D eigenvalue weighted by atomic mass is 16.5. The van der Waals surface area contributed by atoms with Crippen LogP contribution in [0.3, 0.4) is 0 Å². The molecule has 4 nitrogen and oxygen atoms in total. The molecule has 0 bridgehead atoms. The van der Waals surface area contributed by atoms with Crippen LogP contribution in [0.25, 0.3) is 0 Å². The number of ether oxygens (including phenoxy) is 1. The van der Waals surface area contributed by atoms with Crippen LogP contribution in [0.1, 0.15) is 33.1 Å². The third kappa shape index (κ3) is 4.51. The SMILES string of the molecule is CN=C(NCCC1=CCOCC1)N1CC(C)CC(C)C1. The second-order valence-corrected chi connectivity index (χ2v) is 6.26. The molecule has 0 aliphatic carbocycles. The van der Waals surface area contributed by atoms with Crippen molar-refractivity contribution < 1.29 is 4.74 Å². The highest BCUT2D eigenvalue weighted by molar-refractivity contribution is 5.80. The Hall–Kier alpha value is -1.03. The van der Waals surface area contributed by atoms with Gasteiger partial charge in [-0.05, 0) is 31.1 Å². The molecule has 1 N–H and O–H groups in total. The van der Waals surface area contributed by atoms with E-state index in [1.807, 2.05) is 7.05 Å². The molecule has 4 heteroatoms. The molecule has 0 aromatic rings. The van der Waals surface area contributed by atoms with Crippen LogP contribution in [0, 0.1) is 11.8 Å². The number of hydrogen-bond donors (Lipinski definition) is 1. The van der Waals surface area contributed by atoms with Crippen LogP contribution in [0.15, 0.2) is 16.6 Å². The Labute approximate surface area is 123 Å². The maximum absolute atomic E-state index is 5.34. The minimum atomic E-state index is 0.760. The summed E-state index contributed by atoms with van der Waals surface area (Å²) < 4.78 is 5.34. The third-order valence-electron chi connectivity index (χ3n) is 4.17. The van der Waals surface area contributed by atoms with Gasteiger partial charge in [-0.25, -0.2) is 0 Å². The third-order valence-corrected chi connectivity index (χ3v) is 4.17. The number of aliphatic imine (C=N–C) groups is 1. The predicted molar refractivity (Wildman–Crippen MR) is 84.0 cm³/mol. The normalized spacial score (nSPS) is 28.2. The van der Waals surface area contributed by atoms with E-state index < -0.39 is 0 Å². The molecule has 0 saturated carbocycles. The van der Waals surface area contributed by atoms with Crippen molar-refractivity contribution in [1.29, 1.82) is 0 Å². The van der Waals surface area contributed by atoms with Crippen LogP contribution in [-0.4, -0.2) is 50.8 Å². The molecule has 0 radical (unpaired) electrons. The molecule has 2 atom stereocenters. The Balaban J connectivity index is 1.78. The quantitative estimate of drug-likeness (QED) is 0.489. The second kappa shape index (κ2) is 7.67. The summed E-state index contributed by atoms with van der Waals surface area (Å²) in [6.45, 7) is 9.55. The van der Waals surface area contributed by atoms with Crippen molar-refractivity contribution in [3.8, 4) is 0 Å². The van der Waals surface area contributed by atoms with Crippen molar-refractivity contribution in [1.82, 2.24) is 10.2 Å². The van der Waals surface area contributed by atoms with E-state index in [-0.39, 0.29) is 0 Å². The molecule has 2 aliphatic rings. The van der Waals surface area contributed by atoms with Gasteiger partial charge in [0.05, 0.1) is 13.2 Å². The van der Waals surface area contributed by atoms with Gasteiger partial charge in [-0.2, -0.15) is 0 Å². The average molecular weight is 279 g/mol. The van der Waals surface area contributed by atoms with Gasteiger partial charge in [0.1, 0.15) is 0 Å². The fraction of sp³-hybridized carbons (Fsp3) is 0.812. The lowest BCUT2D eigenvalue weighted by atomic mass is 9.92. The smallest absolute Gasteiger partial charge is 0.193 e. The van der Waals surface area contributed by atoms with Crippen LogP contribution in [0.4, 0.5) is 0 Å². The van der Waals surface area contributed by atoms with E-state index in [2.05, 4.69) is 35.1 Å². The van der Waals surface area contributed by atoms with E-state index in [0.717, 1.165) is 63.5 Å². The number of guanidine groups is 1. The standard InChI is InChI=1S/C16H29N3O/c1-13-10-14(2)12-19(11-13)16(17-3)18-7-4-15-5-8-20-9-6-15/h5,13-14H,4,6-12H2,1-3H3,(H,17,18). The minimum Gasteiger partial charge on any atom is -0.377 e. The number of hydrogen-bond acceptors (Lipinski definition) is 2. The number of nitrogens with zero attached hydrogens (tertiary/aromatic N) is 2. The van der Waals surface area contributed by atoms with Gasteiger partial charge in [-0.1, -0.05) is 25.5 Å². The molecular weight excluding hydrogens is 250 g/mol. The monoisotopic (exact) mass is 279 g/mol. The lowest BCUT2D eigenvalue weighted by molar-refractivity contribution is 0.153. The van der Waals surface area contributed by atoms with E-state index >= 15 is 0 Å². The first kappa shape index (κ1) is 15.4.